The van der Waals surface area contributed by atoms with E-state index in [2.05, 4.69) is 9.94 Å². The second kappa shape index (κ2) is 3.35. The molecule has 0 saturated heterocycles. The summed E-state index contributed by atoms with van der Waals surface area (Å²) in [6.07, 6.45) is 1.64. The first-order valence-electron chi connectivity index (χ1n) is 4.30. The summed E-state index contributed by atoms with van der Waals surface area (Å²) in [4.78, 5) is 3.40. The minimum atomic E-state index is 0.541. The maximum absolute atomic E-state index is 6.99. The molecular formula is C11H9N3. The Morgan fingerprint density at radius 1 is 1.29 bits per heavy atom. The fourth-order valence-corrected chi connectivity index (χ4v) is 1.37. The van der Waals surface area contributed by atoms with E-state index in [4.69, 9.17) is 6.57 Å². The van der Waals surface area contributed by atoms with Crippen LogP contribution >= 0.6 is 0 Å². The Labute approximate surface area is 82.4 Å². The van der Waals surface area contributed by atoms with E-state index in [1.807, 2.05) is 31.2 Å². The summed E-state index contributed by atoms with van der Waals surface area (Å²) in [6.45, 7) is 8.99. The van der Waals surface area contributed by atoms with E-state index in [1.165, 1.54) is 0 Å². The summed E-state index contributed by atoms with van der Waals surface area (Å²) in [7, 11) is 0. The van der Waals surface area contributed by atoms with E-state index in [-0.39, 0.29) is 0 Å². The Kier molecular flexibility index (Phi) is 2.04. The third-order valence-electron chi connectivity index (χ3n) is 2.08. The van der Waals surface area contributed by atoms with Crippen LogP contribution in [0, 0.1) is 13.5 Å². The van der Waals surface area contributed by atoms with Crippen LogP contribution in [0.4, 0.5) is 5.82 Å². The molecule has 2 rings (SSSR count). The second-order valence-electron chi connectivity index (χ2n) is 3.00. The van der Waals surface area contributed by atoms with E-state index < -0.39 is 0 Å². The van der Waals surface area contributed by atoms with Gasteiger partial charge in [-0.25, -0.2) is 0 Å². The smallest absolute Gasteiger partial charge is 0.257 e. The summed E-state index contributed by atoms with van der Waals surface area (Å²) in [6, 6.07) is 9.58. The molecule has 1 heterocycles. The lowest BCUT2D eigenvalue weighted by molar-refractivity contribution is 0.887. The van der Waals surface area contributed by atoms with Crippen molar-refractivity contribution in [2.75, 3.05) is 0 Å². The van der Waals surface area contributed by atoms with Gasteiger partial charge in [-0.05, 0) is 24.6 Å². The molecule has 1 aromatic carbocycles. The Hall–Kier alpha value is -2.08. The first kappa shape index (κ1) is 8.52. The van der Waals surface area contributed by atoms with Crippen LogP contribution in [0.5, 0.6) is 0 Å². The summed E-state index contributed by atoms with van der Waals surface area (Å²) in [5.74, 6) is 0.541. The van der Waals surface area contributed by atoms with Gasteiger partial charge in [-0.15, -0.1) is 5.10 Å². The molecule has 0 saturated carbocycles. The van der Waals surface area contributed by atoms with Crippen LogP contribution in [-0.2, 0) is 0 Å². The van der Waals surface area contributed by atoms with Crippen molar-refractivity contribution >= 4 is 5.82 Å². The van der Waals surface area contributed by atoms with Crippen LogP contribution in [0.3, 0.4) is 0 Å². The van der Waals surface area contributed by atoms with Gasteiger partial charge < -0.3 is 4.85 Å². The second-order valence-corrected chi connectivity index (χ2v) is 3.00. The molecule has 2 aromatic rings. The monoisotopic (exact) mass is 183 g/mol. The van der Waals surface area contributed by atoms with Crippen molar-refractivity contribution in [2.45, 2.75) is 6.92 Å². The lowest BCUT2D eigenvalue weighted by Gasteiger charge is -2.01. The highest BCUT2D eigenvalue weighted by molar-refractivity contribution is 5.48. The van der Waals surface area contributed by atoms with E-state index in [1.54, 1.807) is 16.9 Å². The first-order valence-corrected chi connectivity index (χ1v) is 4.30. The summed E-state index contributed by atoms with van der Waals surface area (Å²) >= 11 is 0. The maximum Gasteiger partial charge on any atom is 0.257 e. The van der Waals surface area contributed by atoms with Crippen LogP contribution in [0.25, 0.3) is 10.5 Å². The number of nitrogens with zero attached hydrogens (tertiary/aromatic N) is 3. The molecule has 0 N–H and O–H groups in total. The third kappa shape index (κ3) is 1.27. The van der Waals surface area contributed by atoms with Crippen LogP contribution < -0.4 is 0 Å². The van der Waals surface area contributed by atoms with Gasteiger partial charge in [0.05, 0.1) is 6.20 Å². The topological polar surface area (TPSA) is 22.2 Å². The summed E-state index contributed by atoms with van der Waals surface area (Å²) in [5.41, 5.74) is 2.07. The Balaban J connectivity index is 2.62. The number of aromatic nitrogens is 2. The molecule has 68 valence electrons. The number of para-hydroxylation sites is 1. The first-order chi connectivity index (χ1) is 6.83. The molecule has 0 aliphatic rings. The zero-order chi connectivity index (χ0) is 9.97. The minimum Gasteiger partial charge on any atom is -0.362 e. The van der Waals surface area contributed by atoms with Crippen LogP contribution in [0.1, 0.15) is 5.56 Å². The summed E-state index contributed by atoms with van der Waals surface area (Å²) < 4.78 is 1.66. The van der Waals surface area contributed by atoms with E-state index in [0.717, 1.165) is 11.3 Å². The molecule has 14 heavy (non-hydrogen) atoms. The van der Waals surface area contributed by atoms with Crippen LogP contribution in [0.15, 0.2) is 36.5 Å². The average molecular weight is 183 g/mol. The largest absolute Gasteiger partial charge is 0.362 e. The molecule has 3 nitrogen and oxygen atoms in total. The van der Waals surface area contributed by atoms with Gasteiger partial charge in [-0.2, -0.15) is 4.68 Å². The molecule has 0 unspecified atom stereocenters. The molecule has 0 aliphatic heterocycles. The number of benzene rings is 1. The lowest BCUT2D eigenvalue weighted by Crippen LogP contribution is -1.97. The molecule has 0 radical (unpaired) electrons. The van der Waals surface area contributed by atoms with E-state index in [0.29, 0.717) is 5.82 Å². The third-order valence-corrected chi connectivity index (χ3v) is 2.08. The molecule has 0 fully saturated rings. The van der Waals surface area contributed by atoms with Gasteiger partial charge in [-0.1, -0.05) is 24.8 Å². The Morgan fingerprint density at radius 3 is 2.79 bits per heavy atom. The van der Waals surface area contributed by atoms with Crippen molar-refractivity contribution in [3.05, 3.63) is 53.5 Å². The number of hydrogen-bond donors (Lipinski definition) is 0. The Bertz CT molecular complexity index is 491. The lowest BCUT2D eigenvalue weighted by atomic mass is 10.2. The SMILES string of the molecule is [C-]#[N+]c1ccnn1-c1ccccc1C. The van der Waals surface area contributed by atoms with Crippen LogP contribution in [0.2, 0.25) is 0 Å². The minimum absolute atomic E-state index is 0.541. The number of hydrogen-bond acceptors (Lipinski definition) is 1. The Morgan fingerprint density at radius 2 is 2.07 bits per heavy atom. The predicted octanol–water partition coefficient (Wildman–Crippen LogP) is 2.73. The highest BCUT2D eigenvalue weighted by Crippen LogP contribution is 2.19. The van der Waals surface area contributed by atoms with Gasteiger partial charge in [0.25, 0.3) is 5.82 Å². The maximum atomic E-state index is 6.99. The molecule has 0 amide bonds. The number of rotatable bonds is 1. The van der Waals surface area contributed by atoms with Crippen molar-refractivity contribution < 1.29 is 0 Å². The van der Waals surface area contributed by atoms with E-state index >= 15 is 0 Å². The van der Waals surface area contributed by atoms with Crippen molar-refractivity contribution in [1.29, 1.82) is 0 Å². The molecule has 0 spiro atoms. The van der Waals surface area contributed by atoms with Crippen LogP contribution in [-0.4, -0.2) is 9.78 Å². The van der Waals surface area contributed by atoms with Crippen molar-refractivity contribution in [1.82, 2.24) is 9.78 Å². The highest BCUT2D eigenvalue weighted by atomic mass is 15.3. The molecule has 0 bridgehead atoms. The summed E-state index contributed by atoms with van der Waals surface area (Å²) in [5, 5.41) is 4.12. The quantitative estimate of drug-likeness (QED) is 0.623. The van der Waals surface area contributed by atoms with Gasteiger partial charge in [0.1, 0.15) is 5.69 Å². The fraction of sp³-hybridized carbons (Fsp3) is 0.0909. The average Bonchev–Trinajstić information content (AvgIpc) is 2.66. The molecule has 1 aromatic heterocycles. The van der Waals surface area contributed by atoms with Gasteiger partial charge in [0.2, 0.25) is 0 Å². The predicted molar refractivity (Wildman–Crippen MR) is 54.6 cm³/mol. The fourth-order valence-electron chi connectivity index (χ4n) is 1.37. The van der Waals surface area contributed by atoms with Gasteiger partial charge in [-0.3, -0.25) is 0 Å². The zero-order valence-electron chi connectivity index (χ0n) is 7.81. The standard InChI is InChI=1S/C11H9N3/c1-9-5-3-4-6-10(9)14-11(12-2)7-8-13-14/h3-8H,1H3. The van der Waals surface area contributed by atoms with Gasteiger partial charge in [0, 0.05) is 0 Å². The van der Waals surface area contributed by atoms with Crippen molar-refractivity contribution in [3.8, 4) is 5.69 Å². The van der Waals surface area contributed by atoms with E-state index in [9.17, 15) is 0 Å². The van der Waals surface area contributed by atoms with Crippen molar-refractivity contribution in [2.24, 2.45) is 0 Å². The normalized spacial score (nSPS) is 9.71. The molecule has 0 aliphatic carbocycles. The number of aryl methyl sites for hydroxylation is 1. The highest BCUT2D eigenvalue weighted by Gasteiger charge is 2.08. The molecular weight excluding hydrogens is 174 g/mol. The molecule has 0 atom stereocenters. The van der Waals surface area contributed by atoms with Gasteiger partial charge >= 0.3 is 0 Å². The van der Waals surface area contributed by atoms with Crippen molar-refractivity contribution in [3.63, 3.8) is 0 Å². The zero-order valence-corrected chi connectivity index (χ0v) is 7.81. The van der Waals surface area contributed by atoms with Gasteiger partial charge in [0.15, 0.2) is 0 Å². The molecule has 3 heteroatoms.